The fraction of sp³-hybridized carbons (Fsp3) is 0.148. The number of nitrogens with zero attached hydrogens (tertiary/aromatic N) is 3. The molecule has 0 saturated heterocycles. The Morgan fingerprint density at radius 3 is 2.58 bits per heavy atom. The lowest BCUT2D eigenvalue weighted by Gasteiger charge is -2.16. The number of carboxylic acids is 1. The maximum atomic E-state index is 11.4. The van der Waals surface area contributed by atoms with Crippen molar-refractivity contribution in [3.8, 4) is 22.3 Å². The van der Waals surface area contributed by atoms with Crippen molar-refractivity contribution in [3.05, 3.63) is 95.5 Å². The Morgan fingerprint density at radius 2 is 1.94 bits per heavy atom. The minimum Gasteiger partial charge on any atom is -0.478 e. The third kappa shape index (κ3) is 3.59. The van der Waals surface area contributed by atoms with Crippen molar-refractivity contribution in [2.45, 2.75) is 26.7 Å². The van der Waals surface area contributed by atoms with Crippen molar-refractivity contribution < 1.29 is 26.8 Å². The van der Waals surface area contributed by atoms with Gasteiger partial charge < -0.3 is 14.2 Å². The molecule has 0 spiro atoms. The summed E-state index contributed by atoms with van der Waals surface area (Å²) >= 11 is 0. The topological polar surface area (TPSA) is 81.2 Å². The molecule has 6 nitrogen and oxygen atoms in total. The van der Waals surface area contributed by atoms with Gasteiger partial charge in [0.1, 0.15) is 5.76 Å². The normalized spacial score (nSPS) is 17.5. The Kier molecular flexibility index (Phi) is 3.11. The van der Waals surface area contributed by atoms with E-state index in [1.165, 1.54) is 36.7 Å². The average molecular weight is 447 g/mol. The Hall–Kier alpha value is -4.19. The van der Waals surface area contributed by atoms with Crippen molar-refractivity contribution in [3.63, 3.8) is 0 Å². The highest BCUT2D eigenvalue weighted by Gasteiger charge is 2.20. The molecule has 1 atom stereocenters. The Morgan fingerprint density at radius 1 is 1.18 bits per heavy atom. The molecule has 0 saturated carbocycles. The molecule has 0 bridgehead atoms. The fourth-order valence-electron chi connectivity index (χ4n) is 3.81. The van der Waals surface area contributed by atoms with E-state index in [2.05, 4.69) is 10.1 Å². The molecular weight excluding hydrogens is 414 g/mol. The van der Waals surface area contributed by atoms with Crippen LogP contribution < -0.4 is 0 Å². The molecule has 0 aliphatic heterocycles. The van der Waals surface area contributed by atoms with Gasteiger partial charge in [0.05, 0.1) is 36.5 Å². The van der Waals surface area contributed by atoms with Crippen molar-refractivity contribution in [2.75, 3.05) is 0 Å². The standard InChI is InChI=1S/C27H23N3O3/c1-16-25(18(3)33-29-16)22-13-24-26(28-14-22)23(20-9-11-21(12-10-20)27(31)32)15-30(24)17(2)19-7-5-4-6-8-19/h4-15,17H,1-3H3,(H,31,32)/i2D3,4D,5D,6D,7D,8D,17D. The zero-order valence-electron chi connectivity index (χ0n) is 26.6. The first-order valence-corrected chi connectivity index (χ1v) is 9.95. The highest BCUT2D eigenvalue weighted by Crippen LogP contribution is 2.36. The van der Waals surface area contributed by atoms with Gasteiger partial charge in [-0.15, -0.1) is 0 Å². The predicted molar refractivity (Wildman–Crippen MR) is 127 cm³/mol. The van der Waals surface area contributed by atoms with Crippen LogP contribution in [0, 0.1) is 13.8 Å². The zero-order valence-corrected chi connectivity index (χ0v) is 17.6. The van der Waals surface area contributed by atoms with Gasteiger partial charge in [0.2, 0.25) is 0 Å². The minimum atomic E-state index is -3.25. The summed E-state index contributed by atoms with van der Waals surface area (Å²) in [7, 11) is 0. The number of pyridine rings is 1. The van der Waals surface area contributed by atoms with Gasteiger partial charge in [0.15, 0.2) is 0 Å². The fourth-order valence-corrected chi connectivity index (χ4v) is 3.81. The largest absolute Gasteiger partial charge is 0.478 e. The molecule has 0 aliphatic carbocycles. The number of hydrogen-bond donors (Lipinski definition) is 1. The minimum absolute atomic E-state index is 0.0209. The van der Waals surface area contributed by atoms with Gasteiger partial charge >= 0.3 is 5.97 Å². The molecule has 6 heteroatoms. The molecule has 5 rings (SSSR count). The first-order valence-electron chi connectivity index (χ1n) is 14.5. The highest BCUT2D eigenvalue weighted by molar-refractivity contribution is 5.96. The van der Waals surface area contributed by atoms with E-state index in [9.17, 15) is 11.3 Å². The second-order valence-electron chi connectivity index (χ2n) is 7.43. The molecule has 0 radical (unpaired) electrons. The first kappa shape index (κ1) is 12.7. The molecule has 0 amide bonds. The van der Waals surface area contributed by atoms with Crippen LogP contribution in [0.3, 0.4) is 0 Å². The number of aryl methyl sites for hydroxylation is 2. The summed E-state index contributed by atoms with van der Waals surface area (Å²) in [6.45, 7) is 0.156. The Labute approximate surface area is 203 Å². The summed E-state index contributed by atoms with van der Waals surface area (Å²) in [5, 5.41) is 13.3. The molecule has 0 fully saturated rings. The number of carbonyl (C=O) groups is 1. The summed E-state index contributed by atoms with van der Waals surface area (Å²) in [5.74, 6) is -0.671. The van der Waals surface area contributed by atoms with Crippen LogP contribution in [0.15, 0.2) is 77.5 Å². The lowest BCUT2D eigenvalue weighted by atomic mass is 10.0. The zero-order chi connectivity index (χ0) is 30.9. The monoisotopic (exact) mass is 446 g/mol. The summed E-state index contributed by atoms with van der Waals surface area (Å²) in [6, 6.07) is 0.498. The SMILES string of the molecule is [2H]c1c([2H])c([2H])c(C([2H])(n2cc(-c3ccc(C(=O)O)cc3)c3ncc(-c4c(C)noc4C)cc32)C([2H])([2H])[2H])c([2H])c1[2H]. The van der Waals surface area contributed by atoms with Crippen LogP contribution in [-0.4, -0.2) is 25.8 Å². The van der Waals surface area contributed by atoms with E-state index in [1.807, 2.05) is 0 Å². The summed E-state index contributed by atoms with van der Waals surface area (Å²) in [6.07, 6.45) is 2.85. The Bertz CT molecular complexity index is 1850. The third-order valence-electron chi connectivity index (χ3n) is 5.38. The van der Waals surface area contributed by atoms with Gasteiger partial charge in [-0.05, 0) is 50.0 Å². The van der Waals surface area contributed by atoms with Crippen molar-refractivity contribution in [1.82, 2.24) is 14.7 Å². The van der Waals surface area contributed by atoms with Crippen LogP contribution in [0.2, 0.25) is 0 Å². The lowest BCUT2D eigenvalue weighted by Crippen LogP contribution is -2.05. The van der Waals surface area contributed by atoms with Gasteiger partial charge in [0, 0.05) is 33.2 Å². The molecule has 164 valence electrons. The molecule has 5 aromatic rings. The summed E-state index contributed by atoms with van der Waals surface area (Å²) < 4.78 is 82.5. The lowest BCUT2D eigenvalue weighted by molar-refractivity contribution is 0.0697. The van der Waals surface area contributed by atoms with Crippen LogP contribution in [0.1, 0.15) is 52.6 Å². The van der Waals surface area contributed by atoms with Gasteiger partial charge in [-0.2, -0.15) is 0 Å². The first-order chi connectivity index (χ1) is 19.6. The van der Waals surface area contributed by atoms with Crippen LogP contribution in [0.4, 0.5) is 0 Å². The summed E-state index contributed by atoms with van der Waals surface area (Å²) in [4.78, 5) is 16.0. The van der Waals surface area contributed by atoms with Crippen LogP contribution >= 0.6 is 0 Å². The second kappa shape index (κ2) is 8.06. The van der Waals surface area contributed by atoms with E-state index in [4.69, 9.17) is 15.5 Å². The smallest absolute Gasteiger partial charge is 0.335 e. The number of benzene rings is 2. The van der Waals surface area contributed by atoms with Crippen LogP contribution in [0.5, 0.6) is 0 Å². The van der Waals surface area contributed by atoms with Gasteiger partial charge in [-0.1, -0.05) is 47.5 Å². The predicted octanol–water partition coefficient (Wildman–Crippen LogP) is 6.28. The number of rotatable bonds is 5. The van der Waals surface area contributed by atoms with Crippen LogP contribution in [-0.2, 0) is 0 Å². The number of fused-ring (bicyclic) bond motifs is 1. The molecule has 3 heterocycles. The quantitative estimate of drug-likeness (QED) is 0.343. The number of aromatic nitrogens is 3. The van der Waals surface area contributed by atoms with Gasteiger partial charge in [0.25, 0.3) is 0 Å². The summed E-state index contributed by atoms with van der Waals surface area (Å²) in [5.41, 5.74) is 2.04. The number of carboxylic acid groups (broad SMARTS) is 1. The molecule has 1 unspecified atom stereocenters. The molecule has 33 heavy (non-hydrogen) atoms. The van der Waals surface area contributed by atoms with Crippen molar-refractivity contribution in [2.24, 2.45) is 0 Å². The van der Waals surface area contributed by atoms with E-state index in [-0.39, 0.29) is 16.6 Å². The second-order valence-corrected chi connectivity index (χ2v) is 7.43. The van der Waals surface area contributed by atoms with E-state index >= 15 is 0 Å². The molecule has 3 aromatic heterocycles. The molecular formula is C27H23N3O3. The van der Waals surface area contributed by atoms with E-state index in [0.29, 0.717) is 33.7 Å². The van der Waals surface area contributed by atoms with Crippen molar-refractivity contribution >= 4 is 17.0 Å². The van der Waals surface area contributed by atoms with E-state index in [1.54, 1.807) is 19.9 Å². The number of aromatic carboxylic acids is 1. The number of hydrogen-bond acceptors (Lipinski definition) is 4. The van der Waals surface area contributed by atoms with Crippen molar-refractivity contribution in [1.29, 1.82) is 0 Å². The molecule has 1 N–H and O–H groups in total. The third-order valence-corrected chi connectivity index (χ3v) is 5.38. The molecule has 2 aromatic carbocycles. The highest BCUT2D eigenvalue weighted by atomic mass is 16.5. The van der Waals surface area contributed by atoms with Crippen LogP contribution in [0.25, 0.3) is 33.3 Å². The molecule has 0 aliphatic rings. The maximum Gasteiger partial charge on any atom is 0.335 e. The van der Waals surface area contributed by atoms with E-state index in [0.717, 1.165) is 4.57 Å². The maximum absolute atomic E-state index is 11.4. The Balaban J connectivity index is 1.92. The van der Waals surface area contributed by atoms with Gasteiger partial charge in [-0.3, -0.25) is 4.98 Å². The average Bonchev–Trinajstić information content (AvgIpc) is 3.49. The van der Waals surface area contributed by atoms with E-state index < -0.39 is 54.6 Å². The van der Waals surface area contributed by atoms with Gasteiger partial charge in [-0.25, -0.2) is 4.79 Å².